The third-order valence-corrected chi connectivity index (χ3v) is 3.23. The number of aliphatic carboxylic acids is 1. The highest BCUT2D eigenvalue weighted by molar-refractivity contribution is 6.30. The topological polar surface area (TPSA) is 54.4 Å². The Balaban J connectivity index is 2.29. The Morgan fingerprint density at radius 1 is 1.00 bits per heavy atom. The van der Waals surface area contributed by atoms with E-state index >= 15 is 0 Å². The Morgan fingerprint density at radius 2 is 1.65 bits per heavy atom. The maximum atomic E-state index is 12.4. The second-order valence-electron chi connectivity index (χ2n) is 4.39. The zero-order chi connectivity index (χ0) is 14.5. The van der Waals surface area contributed by atoms with E-state index < -0.39 is 5.97 Å². The molecule has 0 heterocycles. The summed E-state index contributed by atoms with van der Waals surface area (Å²) in [6, 6.07) is 13.7. The number of carboxylic acids is 1. The minimum Gasteiger partial charge on any atom is -0.481 e. The molecule has 0 fully saturated rings. The Morgan fingerprint density at radius 3 is 2.30 bits per heavy atom. The lowest BCUT2D eigenvalue weighted by atomic mass is 9.96. The van der Waals surface area contributed by atoms with Crippen LogP contribution in [0.15, 0.2) is 48.5 Å². The van der Waals surface area contributed by atoms with Gasteiger partial charge in [0.05, 0.1) is 0 Å². The third-order valence-electron chi connectivity index (χ3n) is 2.98. The molecule has 0 amide bonds. The molecule has 102 valence electrons. The Bertz CT molecular complexity index is 632. The van der Waals surface area contributed by atoms with Gasteiger partial charge in [0, 0.05) is 22.6 Å². The Labute approximate surface area is 121 Å². The molecule has 0 unspecified atom stereocenters. The van der Waals surface area contributed by atoms with Gasteiger partial charge in [-0.15, -0.1) is 0 Å². The first-order chi connectivity index (χ1) is 9.58. The fraction of sp³-hybridized carbons (Fsp3) is 0.125. The smallest absolute Gasteiger partial charge is 0.303 e. The van der Waals surface area contributed by atoms with Gasteiger partial charge < -0.3 is 5.11 Å². The van der Waals surface area contributed by atoms with Crippen LogP contribution in [0.3, 0.4) is 0 Å². The van der Waals surface area contributed by atoms with Crippen LogP contribution in [0, 0.1) is 0 Å². The van der Waals surface area contributed by atoms with Gasteiger partial charge in [-0.05, 0) is 36.2 Å². The monoisotopic (exact) mass is 288 g/mol. The number of benzene rings is 2. The number of carboxylic acid groups (broad SMARTS) is 1. The van der Waals surface area contributed by atoms with Gasteiger partial charge in [-0.3, -0.25) is 9.59 Å². The Hall–Kier alpha value is -2.13. The van der Waals surface area contributed by atoms with Crippen molar-refractivity contribution in [3.05, 3.63) is 70.2 Å². The molecule has 0 aliphatic rings. The molecule has 3 nitrogen and oxygen atoms in total. The van der Waals surface area contributed by atoms with Crippen molar-refractivity contribution in [3.63, 3.8) is 0 Å². The summed E-state index contributed by atoms with van der Waals surface area (Å²) in [5.74, 6) is -0.999. The number of rotatable bonds is 5. The summed E-state index contributed by atoms with van der Waals surface area (Å²) in [5.41, 5.74) is 1.82. The van der Waals surface area contributed by atoms with E-state index in [0.29, 0.717) is 22.6 Å². The first-order valence-electron chi connectivity index (χ1n) is 6.18. The first-order valence-corrected chi connectivity index (χ1v) is 6.55. The summed E-state index contributed by atoms with van der Waals surface area (Å²) in [7, 11) is 0. The molecule has 2 aromatic rings. The van der Waals surface area contributed by atoms with Gasteiger partial charge in [0.1, 0.15) is 0 Å². The van der Waals surface area contributed by atoms with Crippen molar-refractivity contribution >= 4 is 23.4 Å². The van der Waals surface area contributed by atoms with Gasteiger partial charge in [0.15, 0.2) is 5.78 Å². The molecule has 0 atom stereocenters. The van der Waals surface area contributed by atoms with Crippen molar-refractivity contribution in [1.29, 1.82) is 0 Å². The van der Waals surface area contributed by atoms with Gasteiger partial charge in [-0.25, -0.2) is 0 Å². The van der Waals surface area contributed by atoms with Crippen molar-refractivity contribution in [2.45, 2.75) is 12.8 Å². The van der Waals surface area contributed by atoms with Crippen molar-refractivity contribution in [3.8, 4) is 0 Å². The number of aryl methyl sites for hydroxylation is 1. The fourth-order valence-corrected chi connectivity index (χ4v) is 2.08. The lowest BCUT2D eigenvalue weighted by molar-refractivity contribution is -0.136. The Kier molecular flexibility index (Phi) is 4.53. The average molecular weight is 289 g/mol. The molecule has 0 aliphatic heterocycles. The minimum absolute atomic E-state index is 0.00487. The summed E-state index contributed by atoms with van der Waals surface area (Å²) in [6.07, 6.45) is 0.343. The average Bonchev–Trinajstić information content (AvgIpc) is 2.45. The summed E-state index contributed by atoms with van der Waals surface area (Å²) in [6.45, 7) is 0. The largest absolute Gasteiger partial charge is 0.481 e. The van der Waals surface area contributed by atoms with Crippen LogP contribution in [0.5, 0.6) is 0 Å². The van der Waals surface area contributed by atoms with E-state index in [0.717, 1.165) is 5.56 Å². The van der Waals surface area contributed by atoms with Crippen LogP contribution in [0.4, 0.5) is 0 Å². The summed E-state index contributed by atoms with van der Waals surface area (Å²) < 4.78 is 0. The molecule has 2 rings (SSSR count). The predicted molar refractivity (Wildman–Crippen MR) is 77.3 cm³/mol. The highest BCUT2D eigenvalue weighted by atomic mass is 35.5. The SMILES string of the molecule is O=C(O)CCc1ccccc1C(=O)c1ccc(Cl)cc1. The number of hydrogen-bond acceptors (Lipinski definition) is 2. The first kappa shape index (κ1) is 14.3. The molecule has 0 saturated heterocycles. The quantitative estimate of drug-likeness (QED) is 0.856. The molecule has 0 radical (unpaired) electrons. The van der Waals surface area contributed by atoms with Crippen LogP contribution in [0.1, 0.15) is 27.9 Å². The molecule has 20 heavy (non-hydrogen) atoms. The molecule has 0 spiro atoms. The number of carbonyl (C=O) groups is 2. The molecule has 1 N–H and O–H groups in total. The molecule has 2 aromatic carbocycles. The van der Waals surface area contributed by atoms with Crippen LogP contribution < -0.4 is 0 Å². The van der Waals surface area contributed by atoms with E-state index in [9.17, 15) is 9.59 Å². The van der Waals surface area contributed by atoms with E-state index in [4.69, 9.17) is 16.7 Å². The van der Waals surface area contributed by atoms with Gasteiger partial charge >= 0.3 is 5.97 Å². The van der Waals surface area contributed by atoms with Crippen LogP contribution >= 0.6 is 11.6 Å². The molecule has 4 heteroatoms. The van der Waals surface area contributed by atoms with Crippen molar-refractivity contribution < 1.29 is 14.7 Å². The highest BCUT2D eigenvalue weighted by Crippen LogP contribution is 2.18. The third kappa shape index (κ3) is 3.45. The van der Waals surface area contributed by atoms with Gasteiger partial charge in [0.25, 0.3) is 0 Å². The number of carbonyl (C=O) groups excluding carboxylic acids is 1. The molecular weight excluding hydrogens is 276 g/mol. The van der Waals surface area contributed by atoms with Gasteiger partial charge in [-0.1, -0.05) is 35.9 Å². The lowest BCUT2D eigenvalue weighted by Crippen LogP contribution is -2.07. The maximum absolute atomic E-state index is 12.4. The van der Waals surface area contributed by atoms with Crippen LogP contribution in [-0.4, -0.2) is 16.9 Å². The number of halogens is 1. The van der Waals surface area contributed by atoms with Crippen LogP contribution in [-0.2, 0) is 11.2 Å². The number of ketones is 1. The molecule has 0 aromatic heterocycles. The van der Waals surface area contributed by atoms with Gasteiger partial charge in [-0.2, -0.15) is 0 Å². The normalized spacial score (nSPS) is 10.2. The second-order valence-corrected chi connectivity index (χ2v) is 4.82. The van der Waals surface area contributed by atoms with Gasteiger partial charge in [0.2, 0.25) is 0 Å². The van der Waals surface area contributed by atoms with E-state index in [1.807, 2.05) is 0 Å². The number of hydrogen-bond donors (Lipinski definition) is 1. The van der Waals surface area contributed by atoms with Crippen molar-refractivity contribution in [1.82, 2.24) is 0 Å². The lowest BCUT2D eigenvalue weighted by Gasteiger charge is -2.07. The van der Waals surface area contributed by atoms with Crippen LogP contribution in [0.2, 0.25) is 5.02 Å². The predicted octanol–water partition coefficient (Wildman–Crippen LogP) is 3.59. The van der Waals surface area contributed by atoms with E-state index in [1.54, 1.807) is 48.5 Å². The fourth-order valence-electron chi connectivity index (χ4n) is 1.96. The summed E-state index contributed by atoms with van der Waals surface area (Å²) >= 11 is 5.80. The maximum Gasteiger partial charge on any atom is 0.303 e. The standard InChI is InChI=1S/C16H13ClO3/c17-13-8-5-12(6-9-13)16(20)14-4-2-1-3-11(14)7-10-15(18)19/h1-6,8-9H,7,10H2,(H,18,19). The molecule has 0 bridgehead atoms. The van der Waals surface area contributed by atoms with E-state index in [-0.39, 0.29) is 12.2 Å². The molecule has 0 aliphatic carbocycles. The summed E-state index contributed by atoms with van der Waals surface area (Å²) in [4.78, 5) is 23.1. The highest BCUT2D eigenvalue weighted by Gasteiger charge is 2.13. The molecule has 0 saturated carbocycles. The zero-order valence-corrected chi connectivity index (χ0v) is 11.4. The summed E-state index contributed by atoms with van der Waals surface area (Å²) in [5, 5.41) is 9.32. The van der Waals surface area contributed by atoms with Crippen molar-refractivity contribution in [2.24, 2.45) is 0 Å². The molecular formula is C16H13ClO3. The second kappa shape index (κ2) is 6.35. The van der Waals surface area contributed by atoms with Crippen molar-refractivity contribution in [2.75, 3.05) is 0 Å². The zero-order valence-electron chi connectivity index (χ0n) is 10.7. The minimum atomic E-state index is -0.876. The van der Waals surface area contributed by atoms with E-state index in [2.05, 4.69) is 0 Å². The van der Waals surface area contributed by atoms with E-state index in [1.165, 1.54) is 0 Å². The van der Waals surface area contributed by atoms with Crippen LogP contribution in [0.25, 0.3) is 0 Å².